The third-order valence-electron chi connectivity index (χ3n) is 6.16. The van der Waals surface area contributed by atoms with Gasteiger partial charge >= 0.3 is 0 Å². The van der Waals surface area contributed by atoms with Gasteiger partial charge < -0.3 is 4.90 Å². The minimum Gasteiger partial charge on any atom is -0.338 e. The van der Waals surface area contributed by atoms with E-state index in [1.54, 1.807) is 18.2 Å². The van der Waals surface area contributed by atoms with Crippen molar-refractivity contribution in [2.24, 2.45) is 5.92 Å². The normalized spacial score (nSPS) is 17.8. The summed E-state index contributed by atoms with van der Waals surface area (Å²) in [6.45, 7) is 1.48. The zero-order chi connectivity index (χ0) is 21.6. The molecule has 1 saturated heterocycles. The molecule has 7 heteroatoms. The Labute approximate surface area is 191 Å². The quantitative estimate of drug-likeness (QED) is 0.510. The summed E-state index contributed by atoms with van der Waals surface area (Å²) in [6, 6.07) is 17.2. The number of benzene rings is 2. The molecule has 2 aliphatic rings. The summed E-state index contributed by atoms with van der Waals surface area (Å²) in [5.74, 6) is 0.508. The van der Waals surface area contributed by atoms with E-state index in [-0.39, 0.29) is 16.6 Å². The third kappa shape index (κ3) is 4.04. The van der Waals surface area contributed by atoms with E-state index in [4.69, 9.17) is 11.6 Å². The summed E-state index contributed by atoms with van der Waals surface area (Å²) in [5.41, 5.74) is 2.71. The minimum absolute atomic E-state index is 0.00507. The van der Waals surface area contributed by atoms with Crippen LogP contribution in [0.2, 0.25) is 5.02 Å². The second kappa shape index (κ2) is 8.08. The molecule has 1 amide bonds. The van der Waals surface area contributed by atoms with Crippen molar-refractivity contribution in [2.45, 2.75) is 29.9 Å². The number of carbonyl (C=O) groups excluding carboxylic acids is 1. The van der Waals surface area contributed by atoms with E-state index in [1.165, 1.54) is 23.0 Å². The largest absolute Gasteiger partial charge is 0.338 e. The van der Waals surface area contributed by atoms with E-state index in [9.17, 15) is 13.2 Å². The summed E-state index contributed by atoms with van der Waals surface area (Å²) >= 11 is 7.42. The van der Waals surface area contributed by atoms with Crippen molar-refractivity contribution in [3.8, 4) is 10.4 Å². The van der Waals surface area contributed by atoms with Crippen molar-refractivity contribution in [1.82, 2.24) is 4.90 Å². The highest BCUT2D eigenvalue weighted by atomic mass is 35.5. The molecule has 2 aromatic carbocycles. The number of thiophene rings is 1. The highest BCUT2D eigenvalue weighted by Crippen LogP contribution is 2.44. The first-order valence-corrected chi connectivity index (χ1v) is 13.2. The van der Waals surface area contributed by atoms with Crippen LogP contribution < -0.4 is 0 Å². The van der Waals surface area contributed by atoms with E-state index >= 15 is 0 Å². The van der Waals surface area contributed by atoms with Crippen LogP contribution >= 0.6 is 22.9 Å². The Kier molecular flexibility index (Phi) is 5.40. The number of carbonyl (C=O) groups is 1. The molecule has 160 valence electrons. The second-order valence-corrected chi connectivity index (χ2v) is 11.7. The van der Waals surface area contributed by atoms with Gasteiger partial charge in [0.05, 0.1) is 15.5 Å². The average molecular weight is 472 g/mol. The Morgan fingerprint density at radius 3 is 2.55 bits per heavy atom. The SMILES string of the molecule is O=C(c1cc2c(s1)-c1ccc(Cl)cc1S(=O)(=O)C2)N1CCC(Cc2ccccc2)CC1. The Bertz CT molecular complexity index is 1240. The van der Waals surface area contributed by atoms with Crippen molar-refractivity contribution >= 4 is 38.7 Å². The maximum Gasteiger partial charge on any atom is 0.263 e. The molecule has 1 fully saturated rings. The number of fused-ring (bicyclic) bond motifs is 3. The van der Waals surface area contributed by atoms with Crippen molar-refractivity contribution in [1.29, 1.82) is 0 Å². The van der Waals surface area contributed by atoms with Crippen LogP contribution in [0.15, 0.2) is 59.5 Å². The Hall–Kier alpha value is -2.15. The number of halogens is 1. The van der Waals surface area contributed by atoms with Crippen molar-refractivity contribution in [2.75, 3.05) is 13.1 Å². The van der Waals surface area contributed by atoms with Gasteiger partial charge in [0, 0.05) is 28.6 Å². The van der Waals surface area contributed by atoms with Gasteiger partial charge in [0.25, 0.3) is 5.91 Å². The fourth-order valence-corrected chi connectivity index (χ4v) is 7.72. The molecule has 0 radical (unpaired) electrons. The van der Waals surface area contributed by atoms with Crippen LogP contribution in [0.25, 0.3) is 10.4 Å². The van der Waals surface area contributed by atoms with E-state index in [2.05, 4.69) is 24.3 Å². The minimum atomic E-state index is -3.45. The highest BCUT2D eigenvalue weighted by molar-refractivity contribution is 7.91. The molecule has 2 aliphatic heterocycles. The molecular weight excluding hydrogens is 450 g/mol. The molecule has 31 heavy (non-hydrogen) atoms. The first-order valence-electron chi connectivity index (χ1n) is 10.4. The average Bonchev–Trinajstić information content (AvgIpc) is 3.18. The molecule has 0 aliphatic carbocycles. The standard InChI is InChI=1S/C24H22ClNO3S2/c25-19-6-7-20-22(14-19)31(28,29)15-18-13-21(30-23(18)20)24(27)26-10-8-17(9-11-26)12-16-4-2-1-3-5-16/h1-7,13-14,17H,8-12,15H2. The fraction of sp³-hybridized carbons (Fsp3) is 0.292. The number of piperidine rings is 1. The lowest BCUT2D eigenvalue weighted by Gasteiger charge is -2.31. The lowest BCUT2D eigenvalue weighted by molar-refractivity contribution is 0.0695. The van der Waals surface area contributed by atoms with Gasteiger partial charge in [-0.1, -0.05) is 48.0 Å². The van der Waals surface area contributed by atoms with Gasteiger partial charge in [-0.2, -0.15) is 0 Å². The topological polar surface area (TPSA) is 54.5 Å². The van der Waals surface area contributed by atoms with Gasteiger partial charge in [0.15, 0.2) is 9.84 Å². The van der Waals surface area contributed by atoms with Crippen LogP contribution in [0.4, 0.5) is 0 Å². The maximum absolute atomic E-state index is 13.2. The van der Waals surface area contributed by atoms with Crippen LogP contribution in [0, 0.1) is 5.92 Å². The van der Waals surface area contributed by atoms with Crippen molar-refractivity contribution in [3.63, 3.8) is 0 Å². The number of amides is 1. The number of hydrogen-bond acceptors (Lipinski definition) is 4. The Balaban J connectivity index is 1.33. The molecule has 0 saturated carbocycles. The number of hydrogen-bond donors (Lipinski definition) is 0. The molecule has 0 spiro atoms. The van der Waals surface area contributed by atoms with Crippen LogP contribution in [0.3, 0.4) is 0 Å². The maximum atomic E-state index is 13.2. The molecule has 3 heterocycles. The third-order valence-corrected chi connectivity index (χ3v) is 9.29. The summed E-state index contributed by atoms with van der Waals surface area (Å²) in [7, 11) is -3.45. The van der Waals surface area contributed by atoms with E-state index < -0.39 is 9.84 Å². The van der Waals surface area contributed by atoms with Gasteiger partial charge in [0.1, 0.15) is 0 Å². The molecule has 5 rings (SSSR count). The smallest absolute Gasteiger partial charge is 0.263 e. The molecule has 0 atom stereocenters. The van der Waals surface area contributed by atoms with Crippen molar-refractivity contribution < 1.29 is 13.2 Å². The van der Waals surface area contributed by atoms with E-state index in [0.29, 0.717) is 26.9 Å². The van der Waals surface area contributed by atoms with Gasteiger partial charge in [-0.05, 0) is 54.5 Å². The number of likely N-dealkylation sites (tertiary alicyclic amines) is 1. The predicted octanol–water partition coefficient (Wildman–Crippen LogP) is 5.45. The van der Waals surface area contributed by atoms with Gasteiger partial charge in [-0.3, -0.25) is 4.79 Å². The van der Waals surface area contributed by atoms with E-state index in [1.807, 2.05) is 11.0 Å². The Morgan fingerprint density at radius 2 is 1.81 bits per heavy atom. The Morgan fingerprint density at radius 1 is 1.06 bits per heavy atom. The summed E-state index contributed by atoms with van der Waals surface area (Å²) in [5, 5.41) is 0.400. The summed E-state index contributed by atoms with van der Waals surface area (Å²) in [6.07, 6.45) is 3.02. The lowest BCUT2D eigenvalue weighted by atomic mass is 9.90. The molecule has 3 aromatic rings. The number of rotatable bonds is 3. The molecule has 0 unspecified atom stereocenters. The van der Waals surface area contributed by atoms with Crippen LogP contribution in [-0.2, 0) is 22.0 Å². The first kappa shape index (κ1) is 20.7. The second-order valence-electron chi connectivity index (χ2n) is 8.29. The summed E-state index contributed by atoms with van der Waals surface area (Å²) in [4.78, 5) is 16.8. The van der Waals surface area contributed by atoms with Crippen molar-refractivity contribution in [3.05, 3.63) is 75.6 Å². The molecule has 4 nitrogen and oxygen atoms in total. The fourth-order valence-electron chi connectivity index (χ4n) is 4.54. The van der Waals surface area contributed by atoms with Gasteiger partial charge in [-0.15, -0.1) is 11.3 Å². The van der Waals surface area contributed by atoms with Crippen LogP contribution in [0.1, 0.15) is 33.6 Å². The molecule has 0 bridgehead atoms. The van der Waals surface area contributed by atoms with Gasteiger partial charge in [0.2, 0.25) is 0 Å². The number of nitrogens with zero attached hydrogens (tertiary/aromatic N) is 1. The van der Waals surface area contributed by atoms with Crippen LogP contribution in [0.5, 0.6) is 0 Å². The number of sulfone groups is 1. The molecule has 1 aromatic heterocycles. The monoisotopic (exact) mass is 471 g/mol. The van der Waals surface area contributed by atoms with Crippen LogP contribution in [-0.4, -0.2) is 32.3 Å². The zero-order valence-corrected chi connectivity index (χ0v) is 19.3. The highest BCUT2D eigenvalue weighted by Gasteiger charge is 2.32. The molecular formula is C24H22ClNO3S2. The van der Waals surface area contributed by atoms with E-state index in [0.717, 1.165) is 37.2 Å². The molecule has 0 N–H and O–H groups in total. The predicted molar refractivity (Wildman–Crippen MR) is 124 cm³/mol. The van der Waals surface area contributed by atoms with Gasteiger partial charge in [-0.25, -0.2) is 8.42 Å². The first-order chi connectivity index (χ1) is 14.9. The zero-order valence-electron chi connectivity index (χ0n) is 16.9. The summed E-state index contributed by atoms with van der Waals surface area (Å²) < 4.78 is 25.4. The lowest BCUT2D eigenvalue weighted by Crippen LogP contribution is -2.38.